The minimum absolute atomic E-state index is 0. The number of halogens is 1. The molecule has 0 fully saturated rings. The van der Waals surface area contributed by atoms with Gasteiger partial charge in [-0.25, -0.2) is 4.79 Å². The molecular formula is C22H22BrNO4S. The highest BCUT2D eigenvalue weighted by molar-refractivity contribution is 7.09. The van der Waals surface area contributed by atoms with Crippen molar-refractivity contribution in [3.8, 4) is 5.75 Å². The van der Waals surface area contributed by atoms with Crippen LogP contribution in [0.3, 0.4) is 0 Å². The van der Waals surface area contributed by atoms with Gasteiger partial charge < -0.3 is 26.5 Å². The highest BCUT2D eigenvalue weighted by Crippen LogP contribution is 2.14. The molecule has 1 aromatic heterocycles. The van der Waals surface area contributed by atoms with E-state index in [1.54, 1.807) is 42.7 Å². The van der Waals surface area contributed by atoms with Gasteiger partial charge in [0, 0.05) is 18.9 Å². The monoisotopic (exact) mass is 475 g/mol. The molecule has 2 aromatic carbocycles. The number of Topliss-reactive ketones (excluding diaryl/α,β-unsaturated/α-hetero) is 1. The Hall–Kier alpha value is -2.51. The van der Waals surface area contributed by atoms with Crippen molar-refractivity contribution in [1.82, 2.24) is 0 Å². The van der Waals surface area contributed by atoms with Crippen molar-refractivity contribution in [2.75, 3.05) is 13.7 Å². The summed E-state index contributed by atoms with van der Waals surface area (Å²) in [6.07, 6.45) is 0.616. The molecule has 0 N–H and O–H groups in total. The lowest BCUT2D eigenvalue weighted by molar-refractivity contribution is -0.684. The van der Waals surface area contributed by atoms with Crippen LogP contribution in [0, 0.1) is 6.92 Å². The van der Waals surface area contributed by atoms with Crippen LogP contribution >= 0.6 is 11.3 Å². The molecule has 5 nitrogen and oxygen atoms in total. The largest absolute Gasteiger partial charge is 1.00 e. The van der Waals surface area contributed by atoms with Gasteiger partial charge in [0.2, 0.25) is 17.8 Å². The number of benzene rings is 2. The van der Waals surface area contributed by atoms with Gasteiger partial charge in [-0.2, -0.15) is 4.57 Å². The number of carbonyl (C=O) groups is 2. The molecule has 1 heterocycles. The number of thiazole rings is 1. The lowest BCUT2D eigenvalue weighted by atomic mass is 10.1. The molecule has 0 spiro atoms. The number of ether oxygens (including phenoxy) is 2. The normalized spacial score (nSPS) is 10.1. The maximum absolute atomic E-state index is 12.4. The average Bonchev–Trinajstić information content (AvgIpc) is 3.08. The molecule has 0 atom stereocenters. The zero-order chi connectivity index (χ0) is 19.9. The Balaban J connectivity index is 0.00000300. The van der Waals surface area contributed by atoms with Gasteiger partial charge in [-0.1, -0.05) is 41.7 Å². The van der Waals surface area contributed by atoms with E-state index in [1.807, 2.05) is 47.3 Å². The number of rotatable bonds is 8. The van der Waals surface area contributed by atoms with Gasteiger partial charge in [-0.05, 0) is 24.3 Å². The number of methoxy groups -OCH3 is 1. The molecule has 0 aliphatic rings. The molecule has 0 aliphatic heterocycles. The fourth-order valence-electron chi connectivity index (χ4n) is 2.76. The van der Waals surface area contributed by atoms with Gasteiger partial charge >= 0.3 is 5.97 Å². The summed E-state index contributed by atoms with van der Waals surface area (Å²) >= 11 is 1.57. The van der Waals surface area contributed by atoms with Crippen molar-refractivity contribution in [2.45, 2.75) is 19.9 Å². The Morgan fingerprint density at radius 1 is 1.00 bits per heavy atom. The molecule has 0 saturated carbocycles. The molecule has 0 saturated heterocycles. The second-order valence-corrected chi connectivity index (χ2v) is 7.20. The first-order valence-corrected chi connectivity index (χ1v) is 9.82. The van der Waals surface area contributed by atoms with E-state index in [0.29, 0.717) is 36.4 Å². The van der Waals surface area contributed by atoms with E-state index in [9.17, 15) is 9.59 Å². The smallest absolute Gasteiger partial charge is 0.338 e. The van der Waals surface area contributed by atoms with Crippen LogP contribution in [0.4, 0.5) is 0 Å². The average molecular weight is 476 g/mol. The van der Waals surface area contributed by atoms with Gasteiger partial charge in [0.05, 0.1) is 24.2 Å². The summed E-state index contributed by atoms with van der Waals surface area (Å²) in [5.74, 6) is 0.411. The molecule has 152 valence electrons. The third-order valence-corrected chi connectivity index (χ3v) is 5.60. The topological polar surface area (TPSA) is 56.5 Å². The third kappa shape index (κ3) is 5.98. The standard InChI is InChI=1S/C22H22NO4S.BrH/c1-16-21(12-13-27-22(25)18-8-10-19(26-2)11-9-18)28-15-23(16)14-20(24)17-6-4-3-5-7-17;/h3-11,15H,12-14H2,1-2H3;1H/q+1;/p-1. The van der Waals surface area contributed by atoms with Crippen molar-refractivity contribution in [3.63, 3.8) is 0 Å². The molecule has 0 amide bonds. The van der Waals surface area contributed by atoms with Crippen LogP contribution in [-0.4, -0.2) is 25.5 Å². The number of esters is 1. The van der Waals surface area contributed by atoms with E-state index in [-0.39, 0.29) is 28.7 Å². The van der Waals surface area contributed by atoms with Gasteiger partial charge in [0.25, 0.3) is 0 Å². The second-order valence-electron chi connectivity index (χ2n) is 6.26. The molecule has 7 heteroatoms. The highest BCUT2D eigenvalue weighted by Gasteiger charge is 2.19. The predicted molar refractivity (Wildman–Crippen MR) is 107 cm³/mol. The molecule has 0 aliphatic carbocycles. The van der Waals surface area contributed by atoms with E-state index in [4.69, 9.17) is 9.47 Å². The Labute approximate surface area is 184 Å². The van der Waals surface area contributed by atoms with Crippen molar-refractivity contribution in [2.24, 2.45) is 0 Å². The quantitative estimate of drug-likeness (QED) is 0.272. The zero-order valence-electron chi connectivity index (χ0n) is 16.3. The number of nitrogens with zero attached hydrogens (tertiary/aromatic N) is 1. The minimum atomic E-state index is -0.357. The fraction of sp³-hybridized carbons (Fsp3) is 0.227. The number of ketones is 1. The van der Waals surface area contributed by atoms with Crippen LogP contribution in [-0.2, 0) is 17.7 Å². The summed E-state index contributed by atoms with van der Waals surface area (Å²) in [6, 6.07) is 16.1. The molecular weight excluding hydrogens is 454 g/mol. The molecule has 0 radical (unpaired) electrons. The van der Waals surface area contributed by atoms with E-state index in [0.717, 1.165) is 10.6 Å². The highest BCUT2D eigenvalue weighted by atomic mass is 79.9. The Morgan fingerprint density at radius 3 is 2.34 bits per heavy atom. The first-order chi connectivity index (χ1) is 13.6. The first-order valence-electron chi connectivity index (χ1n) is 8.94. The molecule has 29 heavy (non-hydrogen) atoms. The number of hydrogen-bond acceptors (Lipinski definition) is 5. The van der Waals surface area contributed by atoms with Crippen LogP contribution in [0.25, 0.3) is 0 Å². The molecule has 0 bridgehead atoms. The van der Waals surface area contributed by atoms with Crippen molar-refractivity contribution in [3.05, 3.63) is 81.8 Å². The van der Waals surface area contributed by atoms with Gasteiger partial charge in [0.15, 0.2) is 5.69 Å². The molecule has 3 aromatic rings. The summed E-state index contributed by atoms with van der Waals surface area (Å²) < 4.78 is 12.4. The van der Waals surface area contributed by atoms with Gasteiger partial charge in [-0.15, -0.1) is 0 Å². The van der Waals surface area contributed by atoms with Crippen LogP contribution in [0.15, 0.2) is 60.1 Å². The minimum Gasteiger partial charge on any atom is -1.00 e. The van der Waals surface area contributed by atoms with Crippen molar-refractivity contribution < 1.29 is 40.6 Å². The van der Waals surface area contributed by atoms with Crippen LogP contribution in [0.1, 0.15) is 31.3 Å². The predicted octanol–water partition coefficient (Wildman–Crippen LogP) is 0.639. The maximum Gasteiger partial charge on any atom is 0.338 e. The summed E-state index contributed by atoms with van der Waals surface area (Å²) in [7, 11) is 1.58. The van der Waals surface area contributed by atoms with E-state index in [2.05, 4.69) is 0 Å². The Morgan fingerprint density at radius 2 is 1.69 bits per heavy atom. The van der Waals surface area contributed by atoms with Crippen molar-refractivity contribution in [1.29, 1.82) is 0 Å². The van der Waals surface area contributed by atoms with Crippen LogP contribution < -0.4 is 26.3 Å². The van der Waals surface area contributed by atoms with Crippen LogP contribution in [0.5, 0.6) is 5.75 Å². The summed E-state index contributed by atoms with van der Waals surface area (Å²) in [4.78, 5) is 25.6. The second kappa shape index (κ2) is 10.9. The molecule has 3 rings (SSSR count). The van der Waals surface area contributed by atoms with Crippen LogP contribution in [0.2, 0.25) is 0 Å². The zero-order valence-corrected chi connectivity index (χ0v) is 18.7. The van der Waals surface area contributed by atoms with Gasteiger partial charge in [-0.3, -0.25) is 4.79 Å². The van der Waals surface area contributed by atoms with Crippen molar-refractivity contribution >= 4 is 23.1 Å². The Bertz CT molecular complexity index is 955. The summed E-state index contributed by atoms with van der Waals surface area (Å²) in [6.45, 7) is 2.58. The summed E-state index contributed by atoms with van der Waals surface area (Å²) in [5, 5.41) is 0. The first kappa shape index (κ1) is 22.8. The summed E-state index contributed by atoms with van der Waals surface area (Å²) in [5.41, 5.74) is 4.16. The Kier molecular flexibility index (Phi) is 8.54. The van der Waals surface area contributed by atoms with E-state index in [1.165, 1.54) is 0 Å². The van der Waals surface area contributed by atoms with E-state index >= 15 is 0 Å². The van der Waals surface area contributed by atoms with Gasteiger partial charge in [0.1, 0.15) is 5.75 Å². The van der Waals surface area contributed by atoms with E-state index < -0.39 is 0 Å². The third-order valence-electron chi connectivity index (χ3n) is 4.45. The number of carbonyl (C=O) groups excluding carboxylic acids is 2. The lowest BCUT2D eigenvalue weighted by Crippen LogP contribution is -3.00. The SMILES string of the molecule is COc1ccc(C(=O)OCCc2sc[n+](CC(=O)c3ccccc3)c2C)cc1.[Br-]. The maximum atomic E-state index is 12.4. The number of aromatic nitrogens is 1. The molecule has 0 unspecified atom stereocenters. The number of hydrogen-bond donors (Lipinski definition) is 0. The lowest BCUT2D eigenvalue weighted by Gasteiger charge is -2.05. The fourth-order valence-corrected chi connectivity index (χ4v) is 3.74.